The highest BCUT2D eigenvalue weighted by Crippen LogP contribution is 2.36. The van der Waals surface area contributed by atoms with Gasteiger partial charge in [-0.2, -0.15) is 0 Å². The first kappa shape index (κ1) is 12.8. The number of hydrogen-bond acceptors (Lipinski definition) is 5. The molecule has 90 valence electrons. The molecule has 6 heteroatoms. The first-order chi connectivity index (χ1) is 8.16. The maximum atomic E-state index is 6.22. The molecule has 1 atom stereocenters. The molecule has 0 aliphatic rings. The number of halogens is 1. The fraction of sp³-hybridized carbons (Fsp3) is 0.273. The molecule has 0 bridgehead atoms. The standard InChI is InChI=1S/C11H12ClN3S2/c1-7(13)5-8-3-2-4-9(12)10(8)17-11-15-14-6-16-11/h2-4,6-7H,5,13H2,1H3. The Labute approximate surface area is 113 Å². The Balaban J connectivity index is 2.30. The van der Waals surface area contributed by atoms with Gasteiger partial charge in [-0.05, 0) is 25.0 Å². The van der Waals surface area contributed by atoms with E-state index >= 15 is 0 Å². The van der Waals surface area contributed by atoms with Gasteiger partial charge in [-0.1, -0.05) is 46.8 Å². The summed E-state index contributed by atoms with van der Waals surface area (Å²) in [5.74, 6) is 0. The van der Waals surface area contributed by atoms with Crippen LogP contribution in [0.1, 0.15) is 12.5 Å². The maximum absolute atomic E-state index is 6.22. The Morgan fingerprint density at radius 3 is 3.00 bits per heavy atom. The number of nitrogens with zero attached hydrogens (tertiary/aromatic N) is 2. The predicted molar refractivity (Wildman–Crippen MR) is 72.8 cm³/mol. The molecule has 1 heterocycles. The second kappa shape index (κ2) is 5.82. The highest BCUT2D eigenvalue weighted by atomic mass is 35.5. The van der Waals surface area contributed by atoms with Crippen molar-refractivity contribution in [1.29, 1.82) is 0 Å². The molecule has 2 aromatic rings. The van der Waals surface area contributed by atoms with E-state index in [0.717, 1.165) is 26.2 Å². The molecule has 0 saturated heterocycles. The van der Waals surface area contributed by atoms with Crippen LogP contribution in [0.3, 0.4) is 0 Å². The van der Waals surface area contributed by atoms with Gasteiger partial charge in [0.1, 0.15) is 5.51 Å². The number of nitrogens with two attached hydrogens (primary N) is 1. The zero-order valence-electron chi connectivity index (χ0n) is 9.26. The van der Waals surface area contributed by atoms with E-state index in [0.29, 0.717) is 0 Å². The molecule has 2 rings (SSSR count). The maximum Gasteiger partial charge on any atom is 0.178 e. The van der Waals surface area contributed by atoms with E-state index in [1.165, 1.54) is 11.3 Å². The second-order valence-corrected chi connectivity index (χ2v) is 6.21. The SMILES string of the molecule is CC(N)Cc1cccc(Cl)c1Sc1nncs1. The summed E-state index contributed by atoms with van der Waals surface area (Å²) in [5, 5.41) is 8.57. The van der Waals surface area contributed by atoms with Crippen molar-refractivity contribution in [1.82, 2.24) is 10.2 Å². The zero-order chi connectivity index (χ0) is 12.3. The molecule has 0 fully saturated rings. The number of aromatic nitrogens is 2. The monoisotopic (exact) mass is 285 g/mol. The minimum Gasteiger partial charge on any atom is -0.328 e. The molecule has 0 radical (unpaired) electrons. The summed E-state index contributed by atoms with van der Waals surface area (Å²) in [6.45, 7) is 1.99. The Morgan fingerprint density at radius 2 is 2.35 bits per heavy atom. The average Bonchev–Trinajstić information content (AvgIpc) is 2.75. The molecule has 1 aromatic carbocycles. The van der Waals surface area contributed by atoms with Crippen molar-refractivity contribution in [2.75, 3.05) is 0 Å². The van der Waals surface area contributed by atoms with Crippen LogP contribution in [0.2, 0.25) is 5.02 Å². The van der Waals surface area contributed by atoms with Gasteiger partial charge in [0.25, 0.3) is 0 Å². The summed E-state index contributed by atoms with van der Waals surface area (Å²) in [4.78, 5) is 1.03. The fourth-order valence-electron chi connectivity index (χ4n) is 1.47. The van der Waals surface area contributed by atoms with Crippen molar-refractivity contribution in [3.8, 4) is 0 Å². The summed E-state index contributed by atoms with van der Waals surface area (Å²) >= 11 is 9.28. The topological polar surface area (TPSA) is 51.8 Å². The van der Waals surface area contributed by atoms with Crippen molar-refractivity contribution in [3.05, 3.63) is 34.3 Å². The number of rotatable bonds is 4. The van der Waals surface area contributed by atoms with Gasteiger partial charge in [0, 0.05) is 10.9 Å². The summed E-state index contributed by atoms with van der Waals surface area (Å²) in [5.41, 5.74) is 8.71. The fourth-order valence-corrected chi connectivity index (χ4v) is 3.34. The van der Waals surface area contributed by atoms with E-state index in [4.69, 9.17) is 17.3 Å². The van der Waals surface area contributed by atoms with Crippen LogP contribution >= 0.6 is 34.7 Å². The molecule has 0 spiro atoms. The van der Waals surface area contributed by atoms with Gasteiger partial charge in [0.05, 0.1) is 5.02 Å². The molecule has 3 nitrogen and oxygen atoms in total. The molecule has 17 heavy (non-hydrogen) atoms. The zero-order valence-corrected chi connectivity index (χ0v) is 11.6. The second-order valence-electron chi connectivity index (χ2n) is 3.72. The summed E-state index contributed by atoms with van der Waals surface area (Å²) in [7, 11) is 0. The molecular weight excluding hydrogens is 274 g/mol. The average molecular weight is 286 g/mol. The lowest BCUT2D eigenvalue weighted by Crippen LogP contribution is -2.18. The Bertz CT molecular complexity index is 485. The van der Waals surface area contributed by atoms with Gasteiger partial charge in [0.15, 0.2) is 4.34 Å². The van der Waals surface area contributed by atoms with E-state index in [-0.39, 0.29) is 6.04 Å². The first-order valence-corrected chi connectivity index (χ1v) is 7.21. The summed E-state index contributed by atoms with van der Waals surface area (Å²) < 4.78 is 0.893. The highest BCUT2D eigenvalue weighted by Gasteiger charge is 2.11. The molecule has 1 unspecified atom stereocenters. The Kier molecular flexibility index (Phi) is 4.39. The van der Waals surface area contributed by atoms with E-state index < -0.39 is 0 Å². The molecule has 1 aromatic heterocycles. The molecular formula is C11H12ClN3S2. The van der Waals surface area contributed by atoms with Crippen LogP contribution in [0, 0.1) is 0 Å². The minimum atomic E-state index is 0.113. The van der Waals surface area contributed by atoms with Crippen LogP contribution in [-0.4, -0.2) is 16.2 Å². The molecule has 0 amide bonds. The van der Waals surface area contributed by atoms with Crippen LogP contribution in [0.15, 0.2) is 32.9 Å². The van der Waals surface area contributed by atoms with E-state index in [1.54, 1.807) is 17.3 Å². The van der Waals surface area contributed by atoms with E-state index in [1.807, 2.05) is 19.1 Å². The predicted octanol–water partition coefficient (Wildman–Crippen LogP) is 3.23. The van der Waals surface area contributed by atoms with Crippen LogP contribution in [0.4, 0.5) is 0 Å². The van der Waals surface area contributed by atoms with Crippen molar-refractivity contribution in [2.24, 2.45) is 5.73 Å². The van der Waals surface area contributed by atoms with Gasteiger partial charge in [0.2, 0.25) is 0 Å². The third-order valence-electron chi connectivity index (χ3n) is 2.12. The lowest BCUT2D eigenvalue weighted by atomic mass is 10.1. The molecule has 0 saturated carbocycles. The Hall–Kier alpha value is -0.620. The van der Waals surface area contributed by atoms with Crippen molar-refractivity contribution in [2.45, 2.75) is 28.6 Å². The van der Waals surface area contributed by atoms with Gasteiger partial charge >= 0.3 is 0 Å². The summed E-state index contributed by atoms with van der Waals surface area (Å²) in [6, 6.07) is 6.00. The van der Waals surface area contributed by atoms with Gasteiger partial charge in [-0.15, -0.1) is 10.2 Å². The van der Waals surface area contributed by atoms with Gasteiger partial charge < -0.3 is 5.73 Å². The minimum absolute atomic E-state index is 0.113. The Morgan fingerprint density at radius 1 is 1.53 bits per heavy atom. The third kappa shape index (κ3) is 3.42. The smallest absolute Gasteiger partial charge is 0.178 e. The van der Waals surface area contributed by atoms with Crippen LogP contribution in [0.5, 0.6) is 0 Å². The number of hydrogen-bond donors (Lipinski definition) is 1. The normalized spacial score (nSPS) is 12.6. The van der Waals surface area contributed by atoms with Gasteiger partial charge in [-0.25, -0.2) is 0 Å². The van der Waals surface area contributed by atoms with E-state index in [2.05, 4.69) is 16.3 Å². The largest absolute Gasteiger partial charge is 0.328 e. The lowest BCUT2D eigenvalue weighted by molar-refractivity contribution is 0.729. The molecule has 2 N–H and O–H groups in total. The van der Waals surface area contributed by atoms with Crippen LogP contribution in [0.25, 0.3) is 0 Å². The van der Waals surface area contributed by atoms with Crippen molar-refractivity contribution < 1.29 is 0 Å². The number of benzene rings is 1. The van der Waals surface area contributed by atoms with Crippen LogP contribution < -0.4 is 5.73 Å². The molecule has 0 aliphatic heterocycles. The lowest BCUT2D eigenvalue weighted by Gasteiger charge is -2.11. The van der Waals surface area contributed by atoms with Crippen LogP contribution in [-0.2, 0) is 6.42 Å². The van der Waals surface area contributed by atoms with E-state index in [9.17, 15) is 0 Å². The molecule has 0 aliphatic carbocycles. The quantitative estimate of drug-likeness (QED) is 0.937. The first-order valence-electron chi connectivity index (χ1n) is 5.14. The summed E-state index contributed by atoms with van der Waals surface area (Å²) in [6.07, 6.45) is 0.807. The van der Waals surface area contributed by atoms with Gasteiger partial charge in [-0.3, -0.25) is 0 Å². The van der Waals surface area contributed by atoms with Crippen molar-refractivity contribution in [3.63, 3.8) is 0 Å². The van der Waals surface area contributed by atoms with Crippen molar-refractivity contribution >= 4 is 34.7 Å². The highest BCUT2D eigenvalue weighted by molar-refractivity contribution is 8.01. The third-order valence-corrected chi connectivity index (χ3v) is 4.51.